The Kier molecular flexibility index (Phi) is 10.3. The minimum atomic E-state index is -0.776. The average molecular weight is 628 g/mol. The lowest BCUT2D eigenvalue weighted by Gasteiger charge is -2.31. The maximum Gasteiger partial charge on any atom is 0.261 e. The lowest BCUT2D eigenvalue weighted by Crippen LogP contribution is -2.51. The molecule has 5 nitrogen and oxygen atoms in total. The number of carbonyl (C=O) groups is 2. The Morgan fingerprint density at radius 2 is 1.72 bits per heavy atom. The molecule has 0 aromatic heterocycles. The lowest BCUT2D eigenvalue weighted by molar-refractivity contribution is -0.142. The molecule has 0 saturated carbocycles. The molecule has 1 N–H and O–H groups in total. The van der Waals surface area contributed by atoms with Gasteiger partial charge >= 0.3 is 0 Å². The van der Waals surface area contributed by atoms with Crippen molar-refractivity contribution in [3.8, 4) is 5.75 Å². The Morgan fingerprint density at radius 3 is 2.46 bits per heavy atom. The van der Waals surface area contributed by atoms with E-state index < -0.39 is 6.04 Å². The van der Waals surface area contributed by atoms with Gasteiger partial charge in [-0.15, -0.1) is 0 Å². The number of hydrogen-bond donors (Lipinski definition) is 1. The fourth-order valence-corrected chi connectivity index (χ4v) is 5.38. The summed E-state index contributed by atoms with van der Waals surface area (Å²) in [7, 11) is 0. The van der Waals surface area contributed by atoms with E-state index in [-0.39, 0.29) is 25.0 Å². The summed E-state index contributed by atoms with van der Waals surface area (Å²) in [4.78, 5) is 28.8. The first-order chi connectivity index (χ1) is 18.9. The molecule has 0 radical (unpaired) electrons. The molecule has 2 amide bonds. The number of ether oxygens (including phenoxy) is 1. The van der Waals surface area contributed by atoms with Crippen LogP contribution in [0.1, 0.15) is 24.5 Å². The molecule has 4 aromatic carbocycles. The third kappa shape index (κ3) is 7.53. The van der Waals surface area contributed by atoms with Crippen molar-refractivity contribution in [3.05, 3.63) is 111 Å². The molecule has 0 bridgehead atoms. The van der Waals surface area contributed by atoms with Gasteiger partial charge in [-0.2, -0.15) is 0 Å². The van der Waals surface area contributed by atoms with E-state index in [1.165, 1.54) is 0 Å². The van der Waals surface area contributed by atoms with E-state index in [0.29, 0.717) is 34.3 Å². The van der Waals surface area contributed by atoms with E-state index in [1.807, 2.05) is 73.7 Å². The normalized spacial score (nSPS) is 11.7. The number of nitrogens with zero attached hydrogens (tertiary/aromatic N) is 1. The highest BCUT2D eigenvalue weighted by Crippen LogP contribution is 2.33. The van der Waals surface area contributed by atoms with E-state index in [9.17, 15) is 9.59 Å². The number of hydrogen-bond acceptors (Lipinski definition) is 3. The zero-order valence-corrected chi connectivity index (χ0v) is 24.6. The van der Waals surface area contributed by atoms with E-state index in [0.717, 1.165) is 27.2 Å². The lowest BCUT2D eigenvalue weighted by atomic mass is 10.0. The van der Waals surface area contributed by atoms with E-state index in [1.54, 1.807) is 23.1 Å². The van der Waals surface area contributed by atoms with Crippen LogP contribution in [0.5, 0.6) is 5.75 Å². The Bertz CT molecular complexity index is 1450. The molecule has 0 aliphatic carbocycles. The van der Waals surface area contributed by atoms with Crippen LogP contribution in [0.15, 0.2) is 89.4 Å². The quantitative estimate of drug-likeness (QED) is 0.188. The number of benzene rings is 4. The van der Waals surface area contributed by atoms with Gasteiger partial charge < -0.3 is 15.0 Å². The van der Waals surface area contributed by atoms with Crippen LogP contribution in [0.2, 0.25) is 10.0 Å². The van der Waals surface area contributed by atoms with Crippen molar-refractivity contribution in [3.63, 3.8) is 0 Å². The molecule has 0 fully saturated rings. The van der Waals surface area contributed by atoms with E-state index in [4.69, 9.17) is 27.9 Å². The summed E-state index contributed by atoms with van der Waals surface area (Å²) in [6, 6.07) is 25.7. The Labute approximate surface area is 247 Å². The molecule has 4 rings (SSSR count). The zero-order valence-electron chi connectivity index (χ0n) is 21.5. The number of rotatable bonds is 11. The van der Waals surface area contributed by atoms with Gasteiger partial charge in [0, 0.05) is 29.6 Å². The summed E-state index contributed by atoms with van der Waals surface area (Å²) in [5.41, 5.74) is 1.62. The minimum Gasteiger partial charge on any atom is -0.483 e. The van der Waals surface area contributed by atoms with Gasteiger partial charge in [-0.25, -0.2) is 0 Å². The summed E-state index contributed by atoms with van der Waals surface area (Å²) in [5, 5.41) is 5.91. The fourth-order valence-electron chi connectivity index (χ4n) is 4.30. The highest BCUT2D eigenvalue weighted by Gasteiger charge is 2.31. The van der Waals surface area contributed by atoms with Gasteiger partial charge in [-0.3, -0.25) is 9.59 Å². The number of amides is 2. The van der Waals surface area contributed by atoms with Crippen molar-refractivity contribution in [1.82, 2.24) is 10.2 Å². The summed E-state index contributed by atoms with van der Waals surface area (Å²) >= 11 is 16.2. The van der Waals surface area contributed by atoms with Crippen LogP contribution in [0, 0.1) is 0 Å². The highest BCUT2D eigenvalue weighted by atomic mass is 79.9. The first-order valence-corrected chi connectivity index (χ1v) is 14.3. The topological polar surface area (TPSA) is 58.6 Å². The van der Waals surface area contributed by atoms with E-state index >= 15 is 0 Å². The number of carbonyl (C=O) groups excluding carboxylic acids is 2. The number of nitrogens with one attached hydrogen (secondary N) is 1. The first-order valence-electron chi connectivity index (χ1n) is 12.7. The van der Waals surface area contributed by atoms with Crippen molar-refractivity contribution in [1.29, 1.82) is 0 Å². The van der Waals surface area contributed by atoms with Gasteiger partial charge in [0.05, 0.1) is 4.47 Å². The average Bonchev–Trinajstić information content (AvgIpc) is 2.94. The van der Waals surface area contributed by atoms with Crippen molar-refractivity contribution in [2.24, 2.45) is 0 Å². The second-order valence-electron chi connectivity index (χ2n) is 9.14. The van der Waals surface area contributed by atoms with Gasteiger partial charge in [-0.05, 0) is 62.4 Å². The smallest absolute Gasteiger partial charge is 0.261 e. The molecule has 202 valence electrons. The molecule has 0 spiro atoms. The summed E-state index contributed by atoms with van der Waals surface area (Å²) in [6.45, 7) is 2.36. The fraction of sp³-hybridized carbons (Fsp3) is 0.226. The van der Waals surface area contributed by atoms with Crippen LogP contribution in [0.4, 0.5) is 0 Å². The SMILES string of the molecule is CCCNC(=O)C(Cc1ccccc1)N(Cc1ccc(Cl)cc1Cl)C(=O)COc1ccc2ccccc2c1Br. The van der Waals surface area contributed by atoms with Crippen LogP contribution < -0.4 is 10.1 Å². The van der Waals surface area contributed by atoms with Crippen molar-refractivity contribution in [2.45, 2.75) is 32.4 Å². The van der Waals surface area contributed by atoms with Crippen molar-refractivity contribution >= 4 is 61.7 Å². The second-order valence-corrected chi connectivity index (χ2v) is 10.8. The maximum atomic E-state index is 13.8. The van der Waals surface area contributed by atoms with Crippen molar-refractivity contribution in [2.75, 3.05) is 13.2 Å². The molecule has 0 saturated heterocycles. The first kappa shape index (κ1) is 28.9. The molecule has 0 aliphatic rings. The molecule has 1 unspecified atom stereocenters. The molecule has 39 heavy (non-hydrogen) atoms. The van der Waals surface area contributed by atoms with Gasteiger partial charge in [0.2, 0.25) is 5.91 Å². The maximum absolute atomic E-state index is 13.8. The summed E-state index contributed by atoms with van der Waals surface area (Å²) in [6.07, 6.45) is 1.12. The monoisotopic (exact) mass is 626 g/mol. The van der Waals surface area contributed by atoms with Gasteiger partial charge in [0.25, 0.3) is 5.91 Å². The molecular formula is C31H29BrCl2N2O3. The third-order valence-electron chi connectivity index (χ3n) is 6.36. The van der Waals surface area contributed by atoms with Crippen LogP contribution in [-0.2, 0) is 22.6 Å². The van der Waals surface area contributed by atoms with Crippen LogP contribution in [0.3, 0.4) is 0 Å². The molecule has 0 aliphatic heterocycles. The molecule has 1 atom stereocenters. The van der Waals surface area contributed by atoms with Crippen LogP contribution in [0.25, 0.3) is 10.8 Å². The molecular weight excluding hydrogens is 599 g/mol. The van der Waals surface area contributed by atoms with Gasteiger partial charge in [0.1, 0.15) is 11.8 Å². The van der Waals surface area contributed by atoms with E-state index in [2.05, 4.69) is 21.2 Å². The van der Waals surface area contributed by atoms with Gasteiger partial charge in [0.15, 0.2) is 6.61 Å². The summed E-state index contributed by atoms with van der Waals surface area (Å²) < 4.78 is 6.78. The molecule has 8 heteroatoms. The third-order valence-corrected chi connectivity index (χ3v) is 7.76. The predicted molar refractivity (Wildman–Crippen MR) is 161 cm³/mol. The summed E-state index contributed by atoms with van der Waals surface area (Å²) in [5.74, 6) is -0.0266. The number of fused-ring (bicyclic) bond motifs is 1. The second kappa shape index (κ2) is 13.8. The molecule has 0 heterocycles. The Balaban J connectivity index is 1.65. The standard InChI is InChI=1S/C31H29BrCl2N2O3/c1-2-16-35-31(38)27(17-21-8-4-3-5-9-21)36(19-23-12-14-24(33)18-26(23)34)29(37)20-39-28-15-13-22-10-6-7-11-25(22)30(28)32/h3-15,18,27H,2,16-17,19-20H2,1H3,(H,35,38). The predicted octanol–water partition coefficient (Wildman–Crippen LogP) is 7.45. The zero-order chi connectivity index (χ0) is 27.8. The largest absolute Gasteiger partial charge is 0.483 e. The van der Waals surface area contributed by atoms with Crippen LogP contribution in [-0.4, -0.2) is 35.9 Å². The van der Waals surface area contributed by atoms with Crippen LogP contribution >= 0.6 is 39.1 Å². The molecule has 4 aromatic rings. The highest BCUT2D eigenvalue weighted by molar-refractivity contribution is 9.10. The van der Waals surface area contributed by atoms with Crippen molar-refractivity contribution < 1.29 is 14.3 Å². The van der Waals surface area contributed by atoms with Gasteiger partial charge in [-0.1, -0.05) is 96.9 Å². The number of halogens is 3. The Morgan fingerprint density at radius 1 is 0.974 bits per heavy atom. The Hall–Kier alpha value is -3.06. The minimum absolute atomic E-state index is 0.119.